The van der Waals surface area contributed by atoms with Crippen LogP contribution in [0.1, 0.15) is 39.0 Å². The summed E-state index contributed by atoms with van der Waals surface area (Å²) < 4.78 is 10.5. The fourth-order valence-electron chi connectivity index (χ4n) is 2.46. The van der Waals surface area contributed by atoms with Gasteiger partial charge in [-0.25, -0.2) is 0 Å². The molecule has 2 rings (SSSR count). The molecule has 0 radical (unpaired) electrons. The molecule has 3 heteroatoms. The van der Waals surface area contributed by atoms with Crippen molar-refractivity contribution < 1.29 is 14.3 Å². The maximum Gasteiger partial charge on any atom is 0.306 e. The van der Waals surface area contributed by atoms with E-state index in [4.69, 9.17) is 9.47 Å². The summed E-state index contributed by atoms with van der Waals surface area (Å²) in [5.74, 6) is 0.351. The van der Waals surface area contributed by atoms with Crippen LogP contribution in [0.25, 0.3) is 0 Å². The molecule has 0 aromatic rings. The van der Waals surface area contributed by atoms with Gasteiger partial charge in [0.05, 0.1) is 25.2 Å². The van der Waals surface area contributed by atoms with Crippen LogP contribution in [0.3, 0.4) is 0 Å². The summed E-state index contributed by atoms with van der Waals surface area (Å²) in [4.78, 5) is 11.3. The van der Waals surface area contributed by atoms with Crippen molar-refractivity contribution in [2.45, 2.75) is 44.6 Å². The van der Waals surface area contributed by atoms with Gasteiger partial charge >= 0.3 is 5.97 Å². The molecule has 1 saturated heterocycles. The minimum absolute atomic E-state index is 0.0609. The van der Waals surface area contributed by atoms with E-state index in [1.165, 1.54) is 12.8 Å². The van der Waals surface area contributed by atoms with Crippen LogP contribution in [-0.2, 0) is 14.3 Å². The molecule has 0 aromatic carbocycles. The highest BCUT2D eigenvalue weighted by Gasteiger charge is 2.52. The first-order valence-corrected chi connectivity index (χ1v) is 5.56. The second-order valence-electron chi connectivity index (χ2n) is 4.31. The lowest BCUT2D eigenvalue weighted by Gasteiger charge is -2.27. The Morgan fingerprint density at radius 2 is 2.36 bits per heavy atom. The van der Waals surface area contributed by atoms with Gasteiger partial charge in [-0.1, -0.05) is 12.8 Å². The number of carbonyl (C=O) groups excluding carboxylic acids is 1. The number of carbonyl (C=O) groups is 1. The Kier molecular flexibility index (Phi) is 2.77. The van der Waals surface area contributed by atoms with Gasteiger partial charge in [-0.05, 0) is 19.8 Å². The highest BCUT2D eigenvalue weighted by molar-refractivity contribution is 5.69. The molecular weight excluding hydrogens is 180 g/mol. The molecule has 0 amide bonds. The Hall–Kier alpha value is -0.570. The summed E-state index contributed by atoms with van der Waals surface area (Å²) in [5.41, 5.74) is 0.0744. The third-order valence-corrected chi connectivity index (χ3v) is 3.38. The van der Waals surface area contributed by atoms with Gasteiger partial charge in [0.15, 0.2) is 0 Å². The predicted molar refractivity (Wildman–Crippen MR) is 51.9 cm³/mol. The molecule has 14 heavy (non-hydrogen) atoms. The normalized spacial score (nSPS) is 35.6. The minimum Gasteiger partial charge on any atom is -0.466 e. The number of rotatable bonds is 3. The molecule has 2 aliphatic rings. The van der Waals surface area contributed by atoms with Crippen molar-refractivity contribution in [3.8, 4) is 0 Å². The SMILES string of the molecule is CCOC(=O)C[C@@H]1CCCC[C@]12CO2. The number of ether oxygens (including phenoxy) is 2. The summed E-state index contributed by atoms with van der Waals surface area (Å²) in [5, 5.41) is 0. The molecule has 1 aliphatic carbocycles. The summed E-state index contributed by atoms with van der Waals surface area (Å²) in [6.07, 6.45) is 5.29. The third kappa shape index (κ3) is 1.92. The highest BCUT2D eigenvalue weighted by atomic mass is 16.6. The van der Waals surface area contributed by atoms with Gasteiger partial charge in [-0.2, -0.15) is 0 Å². The third-order valence-electron chi connectivity index (χ3n) is 3.38. The zero-order valence-electron chi connectivity index (χ0n) is 8.75. The quantitative estimate of drug-likeness (QED) is 0.513. The second-order valence-corrected chi connectivity index (χ2v) is 4.31. The van der Waals surface area contributed by atoms with E-state index in [9.17, 15) is 4.79 Å². The lowest BCUT2D eigenvalue weighted by atomic mass is 9.77. The Balaban J connectivity index is 1.86. The minimum atomic E-state index is -0.0609. The van der Waals surface area contributed by atoms with E-state index in [2.05, 4.69) is 0 Å². The van der Waals surface area contributed by atoms with Crippen molar-refractivity contribution in [1.29, 1.82) is 0 Å². The van der Waals surface area contributed by atoms with Gasteiger partial charge in [-0.15, -0.1) is 0 Å². The molecule has 0 N–H and O–H groups in total. The van der Waals surface area contributed by atoms with Crippen molar-refractivity contribution in [3.63, 3.8) is 0 Å². The van der Waals surface area contributed by atoms with Crippen molar-refractivity contribution >= 4 is 5.97 Å². The highest BCUT2D eigenvalue weighted by Crippen LogP contribution is 2.47. The lowest BCUT2D eigenvalue weighted by molar-refractivity contribution is -0.145. The van der Waals surface area contributed by atoms with Crippen LogP contribution in [0.4, 0.5) is 0 Å². The van der Waals surface area contributed by atoms with Gasteiger partial charge in [0.25, 0.3) is 0 Å². The van der Waals surface area contributed by atoms with Gasteiger partial charge in [0.1, 0.15) is 0 Å². The number of esters is 1. The molecule has 1 aliphatic heterocycles. The fourth-order valence-corrected chi connectivity index (χ4v) is 2.46. The van der Waals surface area contributed by atoms with Crippen LogP contribution in [0.15, 0.2) is 0 Å². The smallest absolute Gasteiger partial charge is 0.306 e. The Morgan fingerprint density at radius 1 is 1.57 bits per heavy atom. The zero-order valence-corrected chi connectivity index (χ0v) is 8.75. The Morgan fingerprint density at radius 3 is 3.00 bits per heavy atom. The van der Waals surface area contributed by atoms with Crippen molar-refractivity contribution in [1.82, 2.24) is 0 Å². The summed E-state index contributed by atoms with van der Waals surface area (Å²) in [7, 11) is 0. The molecule has 0 bridgehead atoms. The predicted octanol–water partition coefficient (Wildman–Crippen LogP) is 1.90. The van der Waals surface area contributed by atoms with Crippen molar-refractivity contribution in [3.05, 3.63) is 0 Å². The molecule has 1 saturated carbocycles. The van der Waals surface area contributed by atoms with Gasteiger partial charge in [0.2, 0.25) is 0 Å². The molecule has 1 heterocycles. The van der Waals surface area contributed by atoms with Crippen LogP contribution < -0.4 is 0 Å². The Labute approximate surface area is 84.8 Å². The van der Waals surface area contributed by atoms with E-state index in [0.29, 0.717) is 18.9 Å². The van der Waals surface area contributed by atoms with Gasteiger partial charge < -0.3 is 9.47 Å². The summed E-state index contributed by atoms with van der Waals surface area (Å²) in [6, 6.07) is 0. The van der Waals surface area contributed by atoms with Crippen LogP contribution in [0.5, 0.6) is 0 Å². The number of hydrogen-bond acceptors (Lipinski definition) is 3. The van der Waals surface area contributed by atoms with E-state index >= 15 is 0 Å². The standard InChI is InChI=1S/C11H18O3/c1-2-13-10(12)7-9-5-3-4-6-11(9)8-14-11/h9H,2-8H2,1H3/t9-,11-/m0/s1. The summed E-state index contributed by atoms with van der Waals surface area (Å²) in [6.45, 7) is 3.19. The molecule has 1 spiro atoms. The largest absolute Gasteiger partial charge is 0.466 e. The van der Waals surface area contributed by atoms with E-state index < -0.39 is 0 Å². The zero-order chi connectivity index (χ0) is 10.0. The van der Waals surface area contributed by atoms with E-state index in [1.807, 2.05) is 6.92 Å². The fraction of sp³-hybridized carbons (Fsp3) is 0.909. The molecular formula is C11H18O3. The van der Waals surface area contributed by atoms with Crippen LogP contribution in [0.2, 0.25) is 0 Å². The first kappa shape index (κ1) is 9.97. The maximum absolute atomic E-state index is 11.3. The van der Waals surface area contributed by atoms with Crippen LogP contribution in [0, 0.1) is 5.92 Å². The van der Waals surface area contributed by atoms with Gasteiger partial charge in [0, 0.05) is 5.92 Å². The number of epoxide rings is 1. The van der Waals surface area contributed by atoms with E-state index in [-0.39, 0.29) is 11.6 Å². The monoisotopic (exact) mass is 198 g/mol. The van der Waals surface area contributed by atoms with E-state index in [0.717, 1.165) is 19.4 Å². The number of hydrogen-bond donors (Lipinski definition) is 0. The average molecular weight is 198 g/mol. The van der Waals surface area contributed by atoms with Crippen LogP contribution >= 0.6 is 0 Å². The maximum atomic E-state index is 11.3. The van der Waals surface area contributed by atoms with Gasteiger partial charge in [-0.3, -0.25) is 4.79 Å². The lowest BCUT2D eigenvalue weighted by Crippen LogP contribution is -2.30. The second kappa shape index (κ2) is 3.89. The summed E-state index contributed by atoms with van der Waals surface area (Å²) >= 11 is 0. The van der Waals surface area contributed by atoms with Crippen molar-refractivity contribution in [2.75, 3.05) is 13.2 Å². The Bertz CT molecular complexity index is 221. The molecule has 2 atom stereocenters. The van der Waals surface area contributed by atoms with Crippen molar-refractivity contribution in [2.24, 2.45) is 5.92 Å². The first-order valence-electron chi connectivity index (χ1n) is 5.56. The molecule has 0 unspecified atom stereocenters. The van der Waals surface area contributed by atoms with Crippen LogP contribution in [-0.4, -0.2) is 24.8 Å². The first-order chi connectivity index (χ1) is 6.77. The van der Waals surface area contributed by atoms with E-state index in [1.54, 1.807) is 0 Å². The molecule has 2 fully saturated rings. The molecule has 80 valence electrons. The topological polar surface area (TPSA) is 38.8 Å². The molecule has 3 nitrogen and oxygen atoms in total. The molecule has 0 aromatic heterocycles. The average Bonchev–Trinajstić information content (AvgIpc) is 2.91.